The van der Waals surface area contributed by atoms with Gasteiger partial charge in [0.2, 0.25) is 5.91 Å². The van der Waals surface area contributed by atoms with Crippen LogP contribution in [0.4, 0.5) is 0 Å². The summed E-state index contributed by atoms with van der Waals surface area (Å²) in [6, 6.07) is 0. The molecule has 0 radical (unpaired) electrons. The number of amides is 1. The number of aliphatic hydroxyl groups is 9. The van der Waals surface area contributed by atoms with E-state index >= 15 is 0 Å². The molecule has 0 bridgehead atoms. The Morgan fingerprint density at radius 3 is 0.738 bits per heavy atom. The van der Waals surface area contributed by atoms with E-state index in [1.807, 2.05) is 5.32 Å². The van der Waals surface area contributed by atoms with Crippen LogP contribution in [0.25, 0.3) is 0 Å². The number of Topliss-reactive ketones (excluding diaryl/α,β-unsaturated/α-hetero) is 6. The summed E-state index contributed by atoms with van der Waals surface area (Å²) in [7, 11) is 2.45. The summed E-state index contributed by atoms with van der Waals surface area (Å²) >= 11 is 0. The first-order valence-electron chi connectivity index (χ1n) is 29.4. The van der Waals surface area contributed by atoms with Gasteiger partial charge in [-0.1, -0.05) is 41.0 Å². The van der Waals surface area contributed by atoms with Crippen LogP contribution in [-0.4, -0.2) is 215 Å². The van der Waals surface area contributed by atoms with Gasteiger partial charge < -0.3 is 107 Å². The maximum Gasteiger partial charge on any atom is 1.00 e. The van der Waals surface area contributed by atoms with Crippen molar-refractivity contribution in [3.8, 4) is 0 Å². The van der Waals surface area contributed by atoms with Gasteiger partial charge in [0.05, 0.1) is 56.0 Å². The predicted molar refractivity (Wildman–Crippen MR) is 348 cm³/mol. The Hall–Kier alpha value is -5.25. The fourth-order valence-electron chi connectivity index (χ4n) is 7.36. The van der Waals surface area contributed by atoms with Gasteiger partial charge in [-0.3, -0.25) is 57.5 Å². The number of carbonyl (C=O) groups is 15. The first kappa shape index (κ1) is 122. The zero-order valence-corrected chi connectivity index (χ0v) is 70.4. The second-order valence-electron chi connectivity index (χ2n) is 22.6. The van der Waals surface area contributed by atoms with Gasteiger partial charge in [-0.15, -0.1) is 32.9 Å². The van der Waals surface area contributed by atoms with Crippen LogP contribution in [0.1, 0.15) is 131 Å². The number of carboxylic acids is 5. The van der Waals surface area contributed by atoms with Gasteiger partial charge in [-0.05, 0) is 115 Å². The maximum absolute atomic E-state index is 11.4. The Morgan fingerprint density at radius 1 is 0.359 bits per heavy atom. The van der Waals surface area contributed by atoms with Crippen molar-refractivity contribution in [2.75, 3.05) is 27.4 Å². The number of carboxylic acid groups (broad SMARTS) is 5. The number of hydrogen-bond acceptors (Lipinski definition) is 30. The number of rotatable bonds is 38. The topological polar surface area (TPSA) is 587 Å². The second-order valence-corrected chi connectivity index (χ2v) is 22.6. The summed E-state index contributed by atoms with van der Waals surface area (Å²) in [6.07, 6.45) is -10.5. The van der Waals surface area contributed by atoms with Gasteiger partial charge >= 0.3 is 148 Å². The number of carbonyl (C=O) groups excluding carboxylic acids is 13. The molecule has 0 aliphatic carbocycles. The van der Waals surface area contributed by atoms with E-state index in [-0.39, 0.29) is 166 Å². The third-order valence-electron chi connectivity index (χ3n) is 12.4. The summed E-state index contributed by atoms with van der Waals surface area (Å²) in [5, 5.41) is 133. The van der Waals surface area contributed by atoms with Crippen molar-refractivity contribution >= 4 is 88.4 Å². The largest absolute Gasteiger partial charge is 1.00 e. The molecule has 37 heteroatoms. The zero-order valence-electron chi connectivity index (χ0n) is 63.4. The van der Waals surface area contributed by atoms with E-state index in [4.69, 9.17) is 30.3 Å². The molecule has 0 aliphatic heterocycles. The summed E-state index contributed by atoms with van der Waals surface area (Å²) in [5.41, 5.74) is 3.36. The minimum absolute atomic E-state index is 0. The molecular formula is C66H103NNa4O32. The maximum atomic E-state index is 11.4. The number of allylic oxidation sites excluding steroid dienone is 7. The van der Waals surface area contributed by atoms with Crippen LogP contribution in [0.15, 0.2) is 85.4 Å². The number of aliphatic carboxylic acids is 5. The van der Waals surface area contributed by atoms with E-state index in [1.165, 1.54) is 35.0 Å². The number of aliphatic hydroxyl groups excluding tert-OH is 9. The van der Waals surface area contributed by atoms with Crippen LogP contribution >= 0.6 is 0 Å². The third-order valence-corrected chi connectivity index (χ3v) is 12.4. The van der Waals surface area contributed by atoms with E-state index in [0.717, 1.165) is 37.5 Å². The van der Waals surface area contributed by atoms with E-state index in [2.05, 4.69) is 55.5 Å². The monoisotopic (exact) mass is 1510 g/mol. The molecule has 0 saturated heterocycles. The van der Waals surface area contributed by atoms with E-state index in [0.29, 0.717) is 11.1 Å². The second kappa shape index (κ2) is 66.2. The average Bonchev–Trinajstić information content (AvgIpc) is 0.929. The molecule has 14 atom stereocenters. The molecule has 12 N–H and O–H groups in total. The zero-order chi connectivity index (χ0) is 80.0. The van der Waals surface area contributed by atoms with Gasteiger partial charge in [0.1, 0.15) is 49.3 Å². The molecule has 0 aliphatic rings. The molecular weight excluding hydrogens is 1410 g/mol. The van der Waals surface area contributed by atoms with Crippen molar-refractivity contribution in [2.24, 2.45) is 41.4 Å². The average molecular weight is 1520 g/mol. The Bertz CT molecular complexity index is 2700. The number of ketones is 6. The predicted octanol–water partition coefficient (Wildman–Crippen LogP) is -13.1. The molecule has 33 nitrogen and oxygen atoms in total. The number of nitrogens with one attached hydrogen (secondary N) is 1. The summed E-state index contributed by atoms with van der Waals surface area (Å²) in [6.45, 7) is 40.7. The van der Waals surface area contributed by atoms with Crippen molar-refractivity contribution in [1.82, 2.24) is 5.32 Å². The van der Waals surface area contributed by atoms with E-state index in [1.54, 1.807) is 41.5 Å². The Balaban J connectivity index is -0.0000000848. The van der Waals surface area contributed by atoms with Crippen LogP contribution in [0.3, 0.4) is 0 Å². The first-order valence-corrected chi connectivity index (χ1v) is 29.4. The summed E-state index contributed by atoms with van der Waals surface area (Å²) < 4.78 is 13.8. The molecule has 0 saturated carbocycles. The molecule has 103 heavy (non-hydrogen) atoms. The Kier molecular flexibility index (Phi) is 78.2. The smallest absolute Gasteiger partial charge is 1.00 e. The summed E-state index contributed by atoms with van der Waals surface area (Å²) in [5.74, 6) is -22.1. The third kappa shape index (κ3) is 61.6. The SMILES string of the molecule is C=C(C)CC(C(=O)OC)C(O)C(C)=O.C=C(C)CC(C(=O)OC)C(O)C(C)=O.C=C(C)CC(C(=O)OCC)C(O)C(C)=O.C=C(C)CC(C(=O)[O-])C(O)C(C)=O.C=C(C)CC(C(=O)[O-])C(O)C(C)=O.C=C(O)CC(C(=O)O)C(O)C(=O)NCC(=O)O.C=C(O)CC(C(=O)[O-])C(O)C(C)=O.[2HH].[H-].[Na+].[Na+].[Na+].[Na+]. The van der Waals surface area contributed by atoms with Crippen LogP contribution in [0, 0.1) is 41.4 Å². The molecule has 1 amide bonds. The minimum atomic E-state index is -1.96. The molecule has 0 aromatic rings. The molecule has 0 aromatic carbocycles. The van der Waals surface area contributed by atoms with E-state index < -0.39 is 197 Å². The van der Waals surface area contributed by atoms with Gasteiger partial charge in [0.25, 0.3) is 0 Å². The number of hydrogen-bond donors (Lipinski definition) is 12. The van der Waals surface area contributed by atoms with Crippen LogP contribution in [0.2, 0.25) is 0 Å². The molecule has 0 heterocycles. The number of esters is 3. The van der Waals surface area contributed by atoms with Gasteiger partial charge in [-0.25, -0.2) is 0 Å². The van der Waals surface area contributed by atoms with Gasteiger partial charge in [0.15, 0.2) is 34.7 Å². The van der Waals surface area contributed by atoms with Crippen molar-refractivity contribution in [1.29, 1.82) is 0 Å². The van der Waals surface area contributed by atoms with Gasteiger partial charge in [-0.2, -0.15) is 0 Å². The first-order chi connectivity index (χ1) is 45.0. The fraction of sp³-hybridized carbons (Fsp3) is 0.561. The van der Waals surface area contributed by atoms with Crippen LogP contribution in [-0.2, 0) is 86.1 Å². The van der Waals surface area contributed by atoms with Gasteiger partial charge in [0, 0.05) is 49.9 Å². The molecule has 0 rings (SSSR count). The van der Waals surface area contributed by atoms with Crippen molar-refractivity contribution in [3.05, 3.63) is 85.4 Å². The molecule has 568 valence electrons. The van der Waals surface area contributed by atoms with E-state index in [9.17, 15) is 118 Å². The van der Waals surface area contributed by atoms with Crippen molar-refractivity contribution in [3.63, 3.8) is 0 Å². The molecule has 14 unspecified atom stereocenters. The minimum Gasteiger partial charge on any atom is -1.00 e. The van der Waals surface area contributed by atoms with Crippen LogP contribution in [0.5, 0.6) is 0 Å². The fourth-order valence-corrected chi connectivity index (χ4v) is 7.36. The normalized spacial score (nSPS) is 13.7. The Morgan fingerprint density at radius 2 is 0.563 bits per heavy atom. The van der Waals surface area contributed by atoms with Crippen molar-refractivity contribution < 1.29 is 279 Å². The quantitative estimate of drug-likeness (QED) is 0.00898. The molecule has 0 aromatic heterocycles. The molecule has 0 fully saturated rings. The summed E-state index contributed by atoms with van der Waals surface area (Å²) in [4.78, 5) is 162. The Labute approximate surface area is 691 Å². The molecule has 0 spiro atoms. The standard InChI is InChI=1S/C11H18O4.2C10H16O4.C9H13NO7.2C9H14O4.C8H12O5.4Na.H2.H/c1-5-15-11(14)9(6-7(2)3)10(13)8(4)12;2*1-6(2)5-8(10(13)14-4)9(12)7(3)11;1-4(11)2-5(9(16)17)7(14)8(15)10-3-6(12)13;2*1-5(2)4-7(9(12)13)8(11)6(3)10;1-4(9)3-6(8(12)13)7(11)5(2)10;;;;;;/h9-10,13H,2,5-6H2,1,3-4H3;2*8-9,12H,1,5H2,2-4H3;5,7,11,14H,1-3H2,(H,10,15)(H,12,13)(H,16,17);2*7-8,11H,1,4H2,2-3H3,(H,12,13);6-7,9,11H,1,3H2,2H3,(H,12,13);;;;;1H;/q;;;;;;;4*+1;;-1/p-3/i;;;;;;;;;;;1+1;. The number of methoxy groups -OCH3 is 2. The van der Waals surface area contributed by atoms with Crippen molar-refractivity contribution in [2.45, 2.75) is 171 Å². The van der Waals surface area contributed by atoms with Crippen LogP contribution < -0.4 is 139 Å². The number of ether oxygens (including phenoxy) is 3.